The number of carbonyl (C=O) groups excluding carboxylic acids is 1. The molecule has 2 aliphatic heterocycles. The number of aromatic nitrogens is 2. The first-order chi connectivity index (χ1) is 16.8. The van der Waals surface area contributed by atoms with Gasteiger partial charge in [-0.2, -0.15) is 9.37 Å². The van der Waals surface area contributed by atoms with E-state index in [-0.39, 0.29) is 28.2 Å². The molecule has 3 heterocycles. The number of carbonyl (C=O) groups is 1. The molecule has 180 valence electrons. The third-order valence-corrected chi connectivity index (χ3v) is 7.87. The van der Waals surface area contributed by atoms with Crippen molar-refractivity contribution >= 4 is 11.7 Å². The minimum absolute atomic E-state index is 0.0326. The Morgan fingerprint density at radius 2 is 1.89 bits per heavy atom. The largest absolute Gasteiger partial charge is 0.382 e. The van der Waals surface area contributed by atoms with E-state index in [1.807, 2.05) is 12.1 Å². The van der Waals surface area contributed by atoms with Crippen molar-refractivity contribution in [3.8, 4) is 22.5 Å². The van der Waals surface area contributed by atoms with Crippen molar-refractivity contribution in [3.05, 3.63) is 64.9 Å². The highest BCUT2D eigenvalue weighted by molar-refractivity contribution is 5.97. The number of anilines is 1. The van der Waals surface area contributed by atoms with Gasteiger partial charge in [-0.1, -0.05) is 24.3 Å². The number of hydrogen-bond acceptors (Lipinski definition) is 5. The standard InChI is InChI=1S/C27H27F2N5O/c1-14(2)34-12-19-11-27(19,13-34)18-5-3-15(4-6-18)22-24(29)33-25(30)23(32-22)17-9-16-7-8-31-26(35)21(16)20(28)10-17/h3-6,9-10,14,19H,7-8,11-13H2,1-2H3,(H2,30,33)(H,31,35)/t19-,27+/m1/s1. The van der Waals surface area contributed by atoms with Crippen molar-refractivity contribution in [3.63, 3.8) is 0 Å². The van der Waals surface area contributed by atoms with Gasteiger partial charge < -0.3 is 11.1 Å². The molecule has 0 spiro atoms. The zero-order valence-electron chi connectivity index (χ0n) is 19.7. The number of piperidine rings is 1. The first kappa shape index (κ1) is 22.1. The molecule has 2 aromatic carbocycles. The van der Waals surface area contributed by atoms with Gasteiger partial charge in [-0.15, -0.1) is 0 Å². The van der Waals surface area contributed by atoms with E-state index in [9.17, 15) is 13.6 Å². The van der Waals surface area contributed by atoms with Crippen molar-refractivity contribution in [2.24, 2.45) is 5.92 Å². The van der Waals surface area contributed by atoms with Crippen LogP contribution in [0.15, 0.2) is 36.4 Å². The van der Waals surface area contributed by atoms with Gasteiger partial charge in [-0.25, -0.2) is 9.37 Å². The van der Waals surface area contributed by atoms with Gasteiger partial charge in [0.05, 0.1) is 5.56 Å². The predicted molar refractivity (Wildman–Crippen MR) is 130 cm³/mol. The zero-order chi connectivity index (χ0) is 24.5. The molecule has 2 atom stereocenters. The highest BCUT2D eigenvalue weighted by Gasteiger charge is 2.60. The van der Waals surface area contributed by atoms with E-state index in [1.54, 1.807) is 6.07 Å². The number of nitrogens with two attached hydrogens (primary N) is 1. The second-order valence-electron chi connectivity index (χ2n) is 10.3. The molecule has 1 saturated carbocycles. The smallest absolute Gasteiger partial charge is 0.254 e. The summed E-state index contributed by atoms with van der Waals surface area (Å²) in [6, 6.07) is 11.3. The number of benzene rings is 2. The lowest BCUT2D eigenvalue weighted by molar-refractivity contribution is 0.0941. The predicted octanol–water partition coefficient (Wildman–Crippen LogP) is 3.94. The third kappa shape index (κ3) is 3.50. The Hall–Kier alpha value is -3.39. The van der Waals surface area contributed by atoms with Crippen molar-refractivity contribution in [2.75, 3.05) is 25.4 Å². The number of nitrogens with zero attached hydrogens (tertiary/aromatic N) is 3. The summed E-state index contributed by atoms with van der Waals surface area (Å²) in [6.07, 6.45) is 1.68. The van der Waals surface area contributed by atoms with Crippen LogP contribution >= 0.6 is 0 Å². The molecule has 2 fully saturated rings. The van der Waals surface area contributed by atoms with Gasteiger partial charge in [0.25, 0.3) is 5.91 Å². The Kier molecular flexibility index (Phi) is 4.93. The SMILES string of the molecule is CC(C)N1C[C@H]2C[C@@]2(c2ccc(-c3nc(-c4cc(F)c5c(c4)CCNC5=O)c(N)nc3F)cc2)C1. The molecular weight excluding hydrogens is 448 g/mol. The fourth-order valence-electron chi connectivity index (χ4n) is 5.80. The van der Waals surface area contributed by atoms with Crippen molar-refractivity contribution in [1.29, 1.82) is 0 Å². The second-order valence-corrected chi connectivity index (χ2v) is 10.3. The van der Waals surface area contributed by atoms with E-state index in [0.717, 1.165) is 13.1 Å². The third-order valence-electron chi connectivity index (χ3n) is 7.87. The van der Waals surface area contributed by atoms with Crippen LogP contribution in [-0.2, 0) is 11.8 Å². The summed E-state index contributed by atoms with van der Waals surface area (Å²) in [6.45, 7) is 7.06. The van der Waals surface area contributed by atoms with E-state index in [4.69, 9.17) is 5.73 Å². The average molecular weight is 476 g/mol. The molecule has 1 saturated heterocycles. The molecule has 0 unspecified atom stereocenters. The van der Waals surface area contributed by atoms with E-state index in [2.05, 4.69) is 46.2 Å². The Morgan fingerprint density at radius 1 is 1.11 bits per heavy atom. The number of rotatable bonds is 4. The summed E-state index contributed by atoms with van der Waals surface area (Å²) in [5.41, 5.74) is 9.30. The minimum atomic E-state index is -0.772. The van der Waals surface area contributed by atoms with Gasteiger partial charge in [-0.05, 0) is 55.9 Å². The van der Waals surface area contributed by atoms with E-state index >= 15 is 0 Å². The van der Waals surface area contributed by atoms with Crippen LogP contribution in [0.4, 0.5) is 14.6 Å². The Balaban J connectivity index is 1.35. The number of likely N-dealkylation sites (tertiary alicyclic amines) is 1. The van der Waals surface area contributed by atoms with Gasteiger partial charge >= 0.3 is 0 Å². The Morgan fingerprint density at radius 3 is 2.60 bits per heavy atom. The molecule has 6 rings (SSSR count). The van der Waals surface area contributed by atoms with Crippen molar-refractivity contribution < 1.29 is 13.6 Å². The Bertz CT molecular complexity index is 1360. The molecule has 1 aliphatic carbocycles. The average Bonchev–Trinajstić information content (AvgIpc) is 3.39. The summed E-state index contributed by atoms with van der Waals surface area (Å²) in [5.74, 6) is -1.31. The van der Waals surface area contributed by atoms with Gasteiger partial charge in [0.15, 0.2) is 5.82 Å². The van der Waals surface area contributed by atoms with Crippen molar-refractivity contribution in [1.82, 2.24) is 20.2 Å². The normalized spacial score (nSPS) is 23.2. The fraction of sp³-hybridized carbons (Fsp3) is 0.370. The first-order valence-electron chi connectivity index (χ1n) is 12.1. The molecular formula is C27H27F2N5O. The molecule has 8 heteroatoms. The number of nitrogens with one attached hydrogen (secondary N) is 1. The van der Waals surface area contributed by atoms with Crippen LogP contribution in [0.1, 0.15) is 41.8 Å². The van der Waals surface area contributed by atoms with Crippen LogP contribution < -0.4 is 11.1 Å². The van der Waals surface area contributed by atoms with Gasteiger partial charge in [-0.3, -0.25) is 9.69 Å². The number of fused-ring (bicyclic) bond motifs is 2. The van der Waals surface area contributed by atoms with Crippen LogP contribution in [0.3, 0.4) is 0 Å². The van der Waals surface area contributed by atoms with Gasteiger partial charge in [0, 0.05) is 42.2 Å². The highest BCUT2D eigenvalue weighted by atomic mass is 19.1. The van der Waals surface area contributed by atoms with Crippen LogP contribution in [0.5, 0.6) is 0 Å². The van der Waals surface area contributed by atoms with E-state index in [1.165, 1.54) is 18.1 Å². The Labute approximate surface area is 202 Å². The maximum atomic E-state index is 14.9. The molecule has 0 radical (unpaired) electrons. The molecule has 3 aliphatic rings. The highest BCUT2D eigenvalue weighted by Crippen LogP contribution is 2.59. The summed E-state index contributed by atoms with van der Waals surface area (Å²) >= 11 is 0. The molecule has 1 aromatic heterocycles. The van der Waals surface area contributed by atoms with E-state index < -0.39 is 17.7 Å². The zero-order valence-corrected chi connectivity index (χ0v) is 19.7. The second kappa shape index (κ2) is 7.81. The topological polar surface area (TPSA) is 84.1 Å². The van der Waals surface area contributed by atoms with Crippen LogP contribution in [0.25, 0.3) is 22.5 Å². The number of amides is 1. The van der Waals surface area contributed by atoms with Crippen LogP contribution in [0.2, 0.25) is 0 Å². The maximum absolute atomic E-state index is 14.9. The quantitative estimate of drug-likeness (QED) is 0.597. The van der Waals surface area contributed by atoms with Gasteiger partial charge in [0.1, 0.15) is 17.2 Å². The lowest BCUT2D eigenvalue weighted by Crippen LogP contribution is -2.32. The molecule has 3 aromatic rings. The summed E-state index contributed by atoms with van der Waals surface area (Å²) in [4.78, 5) is 22.9. The molecule has 35 heavy (non-hydrogen) atoms. The molecule has 3 N–H and O–H groups in total. The van der Waals surface area contributed by atoms with E-state index in [0.29, 0.717) is 41.6 Å². The minimum Gasteiger partial charge on any atom is -0.382 e. The first-order valence-corrected chi connectivity index (χ1v) is 12.1. The summed E-state index contributed by atoms with van der Waals surface area (Å²) < 4.78 is 29.7. The number of nitrogen functional groups attached to an aromatic ring is 1. The fourth-order valence-corrected chi connectivity index (χ4v) is 5.80. The lowest BCUT2D eigenvalue weighted by atomic mass is 9.93. The number of halogens is 2. The molecule has 1 amide bonds. The summed E-state index contributed by atoms with van der Waals surface area (Å²) in [5, 5.41) is 2.64. The lowest BCUT2D eigenvalue weighted by Gasteiger charge is -2.24. The van der Waals surface area contributed by atoms with Crippen molar-refractivity contribution in [2.45, 2.75) is 38.1 Å². The number of hydrogen-bond donors (Lipinski definition) is 2. The van der Waals surface area contributed by atoms with Crippen LogP contribution in [0, 0.1) is 17.7 Å². The van der Waals surface area contributed by atoms with Crippen LogP contribution in [-0.4, -0.2) is 46.5 Å². The maximum Gasteiger partial charge on any atom is 0.254 e. The summed E-state index contributed by atoms with van der Waals surface area (Å²) in [7, 11) is 0. The van der Waals surface area contributed by atoms with Gasteiger partial charge in [0.2, 0.25) is 5.95 Å². The molecule has 6 nitrogen and oxygen atoms in total. The monoisotopic (exact) mass is 475 g/mol. The molecule has 0 bridgehead atoms.